The van der Waals surface area contributed by atoms with Gasteiger partial charge in [0.15, 0.2) is 5.69 Å². The average Bonchev–Trinajstić information content (AvgIpc) is 2.93. The quantitative estimate of drug-likeness (QED) is 0.637. The summed E-state index contributed by atoms with van der Waals surface area (Å²) in [4.78, 5) is 15.3. The lowest BCUT2D eigenvalue weighted by atomic mass is 10.2. The molecule has 0 saturated heterocycles. The number of hydrogen-bond donors (Lipinski definition) is 3. The van der Waals surface area contributed by atoms with E-state index in [-0.39, 0.29) is 11.6 Å². The first kappa shape index (κ1) is 15.5. The Labute approximate surface area is 135 Å². The van der Waals surface area contributed by atoms with Crippen LogP contribution in [0.3, 0.4) is 0 Å². The van der Waals surface area contributed by atoms with E-state index in [2.05, 4.69) is 10.3 Å². The van der Waals surface area contributed by atoms with Crippen LogP contribution in [0.5, 0.6) is 0 Å². The Balaban J connectivity index is 2.05. The number of oxazole rings is 1. The molecular weight excluding hydrogens is 318 g/mol. The normalized spacial score (nSPS) is 10.6. The van der Waals surface area contributed by atoms with E-state index in [9.17, 15) is 13.6 Å². The van der Waals surface area contributed by atoms with E-state index >= 15 is 0 Å². The van der Waals surface area contributed by atoms with Crippen molar-refractivity contribution in [2.45, 2.75) is 0 Å². The lowest BCUT2D eigenvalue weighted by Crippen LogP contribution is -2.13. The second-order valence-electron chi connectivity index (χ2n) is 4.90. The Kier molecular flexibility index (Phi) is 3.87. The number of carbonyl (C=O) groups excluding carboxylic acids is 1. The molecule has 0 aliphatic heterocycles. The molecule has 1 amide bonds. The standard InChI is InChI=1S/C16H12F2N4O2/c17-10-2-1-3-11(18)12(10)15-22-13(14(20)23)16(24-15)21-9-6-4-8(19)5-7-9/h1-7,21H,19H2,(H2,20,23). The predicted molar refractivity (Wildman–Crippen MR) is 84.5 cm³/mol. The van der Waals surface area contributed by atoms with Gasteiger partial charge in [0.25, 0.3) is 5.91 Å². The third-order valence-electron chi connectivity index (χ3n) is 3.21. The van der Waals surface area contributed by atoms with Crippen LogP contribution in [0.1, 0.15) is 10.5 Å². The number of nitrogens with zero attached hydrogens (tertiary/aromatic N) is 1. The van der Waals surface area contributed by atoms with Gasteiger partial charge in [0, 0.05) is 11.4 Å². The molecule has 1 aromatic heterocycles. The summed E-state index contributed by atoms with van der Waals surface area (Å²) in [5, 5.41) is 2.78. The lowest BCUT2D eigenvalue weighted by Gasteiger charge is -2.04. The molecule has 8 heteroatoms. The van der Waals surface area contributed by atoms with E-state index < -0.39 is 29.0 Å². The molecule has 122 valence electrons. The van der Waals surface area contributed by atoms with Crippen LogP contribution in [-0.4, -0.2) is 10.9 Å². The van der Waals surface area contributed by atoms with Gasteiger partial charge >= 0.3 is 0 Å². The van der Waals surface area contributed by atoms with Gasteiger partial charge in [-0.05, 0) is 36.4 Å². The zero-order chi connectivity index (χ0) is 17.3. The molecule has 6 nitrogen and oxygen atoms in total. The average molecular weight is 330 g/mol. The first-order chi connectivity index (χ1) is 11.5. The predicted octanol–water partition coefficient (Wildman–Crippen LogP) is 3.04. The van der Waals surface area contributed by atoms with E-state index in [1.54, 1.807) is 24.3 Å². The maximum atomic E-state index is 13.9. The van der Waals surface area contributed by atoms with Gasteiger partial charge in [0.2, 0.25) is 11.8 Å². The van der Waals surface area contributed by atoms with Crippen LogP contribution in [-0.2, 0) is 0 Å². The first-order valence-corrected chi connectivity index (χ1v) is 6.83. The van der Waals surface area contributed by atoms with Crippen molar-refractivity contribution < 1.29 is 18.0 Å². The molecule has 0 radical (unpaired) electrons. The smallest absolute Gasteiger partial charge is 0.273 e. The van der Waals surface area contributed by atoms with Gasteiger partial charge in [0.1, 0.15) is 17.2 Å². The van der Waals surface area contributed by atoms with Gasteiger partial charge in [0.05, 0.1) is 0 Å². The van der Waals surface area contributed by atoms with Gasteiger partial charge in [-0.25, -0.2) is 13.8 Å². The number of primary amides is 1. The Morgan fingerprint density at radius 1 is 1.08 bits per heavy atom. The zero-order valence-electron chi connectivity index (χ0n) is 12.2. The maximum Gasteiger partial charge on any atom is 0.273 e. The highest BCUT2D eigenvalue weighted by Crippen LogP contribution is 2.31. The highest BCUT2D eigenvalue weighted by molar-refractivity contribution is 5.96. The summed E-state index contributed by atoms with van der Waals surface area (Å²) >= 11 is 0. The van der Waals surface area contributed by atoms with Gasteiger partial charge in [-0.2, -0.15) is 0 Å². The Morgan fingerprint density at radius 3 is 2.29 bits per heavy atom. The molecule has 0 saturated carbocycles. The second kappa shape index (κ2) is 5.99. The number of benzene rings is 2. The van der Waals surface area contributed by atoms with Crippen LogP contribution in [0.15, 0.2) is 46.9 Å². The third kappa shape index (κ3) is 2.89. The summed E-state index contributed by atoms with van der Waals surface area (Å²) in [6.07, 6.45) is 0. The number of rotatable bonds is 4. The van der Waals surface area contributed by atoms with Crippen molar-refractivity contribution >= 4 is 23.2 Å². The summed E-state index contributed by atoms with van der Waals surface area (Å²) in [5.74, 6) is -3.15. The van der Waals surface area contributed by atoms with Gasteiger partial charge in [-0.15, -0.1) is 0 Å². The van der Waals surface area contributed by atoms with Crippen LogP contribution >= 0.6 is 0 Å². The minimum atomic E-state index is -0.903. The van der Waals surface area contributed by atoms with E-state index in [0.717, 1.165) is 12.1 Å². The van der Waals surface area contributed by atoms with Crippen LogP contribution in [0.2, 0.25) is 0 Å². The number of aromatic nitrogens is 1. The third-order valence-corrected chi connectivity index (χ3v) is 3.21. The Bertz CT molecular complexity index is 887. The fourth-order valence-electron chi connectivity index (χ4n) is 2.08. The zero-order valence-corrected chi connectivity index (χ0v) is 12.2. The van der Waals surface area contributed by atoms with E-state index in [4.69, 9.17) is 15.9 Å². The van der Waals surface area contributed by atoms with Gasteiger partial charge < -0.3 is 21.2 Å². The molecule has 2 aromatic carbocycles. The molecule has 1 heterocycles. The summed E-state index contributed by atoms with van der Waals surface area (Å²) < 4.78 is 33.0. The summed E-state index contributed by atoms with van der Waals surface area (Å²) in [6, 6.07) is 9.83. The van der Waals surface area contributed by atoms with Crippen LogP contribution in [0.4, 0.5) is 26.0 Å². The van der Waals surface area contributed by atoms with Gasteiger partial charge in [-0.3, -0.25) is 4.79 Å². The van der Waals surface area contributed by atoms with Crippen molar-refractivity contribution in [3.05, 3.63) is 59.8 Å². The van der Waals surface area contributed by atoms with E-state index in [1.165, 1.54) is 6.07 Å². The van der Waals surface area contributed by atoms with Crippen molar-refractivity contribution in [1.82, 2.24) is 4.98 Å². The topological polar surface area (TPSA) is 107 Å². The highest BCUT2D eigenvalue weighted by Gasteiger charge is 2.23. The van der Waals surface area contributed by atoms with Crippen molar-refractivity contribution in [3.8, 4) is 11.5 Å². The van der Waals surface area contributed by atoms with Crippen molar-refractivity contribution in [2.24, 2.45) is 5.73 Å². The second-order valence-corrected chi connectivity index (χ2v) is 4.90. The molecule has 24 heavy (non-hydrogen) atoms. The molecular formula is C16H12F2N4O2. The molecule has 5 N–H and O–H groups in total. The summed E-state index contributed by atoms with van der Waals surface area (Å²) in [7, 11) is 0. The summed E-state index contributed by atoms with van der Waals surface area (Å²) in [5.41, 5.74) is 11.2. The molecule has 0 fully saturated rings. The van der Waals surface area contributed by atoms with Crippen LogP contribution in [0.25, 0.3) is 11.5 Å². The Hall–Kier alpha value is -3.42. The highest BCUT2D eigenvalue weighted by atomic mass is 19.1. The number of amides is 1. The molecule has 0 unspecified atom stereocenters. The van der Waals surface area contributed by atoms with Crippen molar-refractivity contribution in [3.63, 3.8) is 0 Å². The fraction of sp³-hybridized carbons (Fsp3) is 0. The number of hydrogen-bond acceptors (Lipinski definition) is 5. The molecule has 0 spiro atoms. The van der Waals surface area contributed by atoms with E-state index in [1.807, 2.05) is 0 Å². The summed E-state index contributed by atoms with van der Waals surface area (Å²) in [6.45, 7) is 0. The minimum Gasteiger partial charge on any atom is -0.419 e. The maximum absolute atomic E-state index is 13.9. The molecule has 0 bridgehead atoms. The number of halogens is 2. The molecule has 0 aliphatic rings. The van der Waals surface area contributed by atoms with Crippen LogP contribution in [0, 0.1) is 11.6 Å². The molecule has 0 aliphatic carbocycles. The number of nitrogens with one attached hydrogen (secondary N) is 1. The van der Waals surface area contributed by atoms with Gasteiger partial charge in [-0.1, -0.05) is 6.07 Å². The van der Waals surface area contributed by atoms with Crippen molar-refractivity contribution in [2.75, 3.05) is 11.1 Å². The molecule has 3 rings (SSSR count). The number of carbonyl (C=O) groups is 1. The first-order valence-electron chi connectivity index (χ1n) is 6.83. The minimum absolute atomic E-state index is 0.120. The van der Waals surface area contributed by atoms with Crippen LogP contribution < -0.4 is 16.8 Å². The molecule has 0 atom stereocenters. The fourth-order valence-corrected chi connectivity index (χ4v) is 2.08. The molecule has 3 aromatic rings. The van der Waals surface area contributed by atoms with Crippen molar-refractivity contribution in [1.29, 1.82) is 0 Å². The number of anilines is 3. The monoisotopic (exact) mass is 330 g/mol. The number of nitrogens with two attached hydrogens (primary N) is 2. The number of nitrogen functional groups attached to an aromatic ring is 1. The SMILES string of the molecule is NC(=O)c1nc(-c2c(F)cccc2F)oc1Nc1ccc(N)cc1. The largest absolute Gasteiger partial charge is 0.419 e. The Morgan fingerprint density at radius 2 is 1.71 bits per heavy atom. The van der Waals surface area contributed by atoms with E-state index in [0.29, 0.717) is 11.4 Å². The lowest BCUT2D eigenvalue weighted by molar-refractivity contribution is 0.0996.